The van der Waals surface area contributed by atoms with E-state index in [1.165, 1.54) is 12.1 Å². The molecule has 3 aromatic rings. The molecule has 22 heavy (non-hydrogen) atoms. The first-order chi connectivity index (χ1) is 10.7. The van der Waals surface area contributed by atoms with Gasteiger partial charge >= 0.3 is 0 Å². The van der Waals surface area contributed by atoms with E-state index < -0.39 is 5.97 Å². The molecule has 0 N–H and O–H groups in total. The number of carboxylic acid groups (broad SMARTS) is 1. The highest BCUT2D eigenvalue weighted by molar-refractivity contribution is 5.85. The van der Waals surface area contributed by atoms with Crippen molar-refractivity contribution < 1.29 is 14.6 Å². The maximum absolute atomic E-state index is 10.7. The minimum atomic E-state index is -1.20. The van der Waals surface area contributed by atoms with Gasteiger partial charge < -0.3 is 19.2 Å². The standard InChI is InChI=1S/C17H16N2O3/c1-2-19-15-6-4-3-5-14(15)18-16(19)11-22-13-9-7-12(8-10-13)17(20)21/h3-10H,2,11H2,1H3,(H,20,21)/p-1. The Morgan fingerprint density at radius 1 is 1.18 bits per heavy atom. The van der Waals surface area contributed by atoms with Crippen LogP contribution in [0.5, 0.6) is 5.75 Å². The van der Waals surface area contributed by atoms with E-state index in [-0.39, 0.29) is 5.56 Å². The number of ether oxygens (including phenoxy) is 1. The zero-order chi connectivity index (χ0) is 15.5. The van der Waals surface area contributed by atoms with E-state index in [1.54, 1.807) is 12.1 Å². The van der Waals surface area contributed by atoms with Crippen molar-refractivity contribution >= 4 is 17.0 Å². The number of fused-ring (bicyclic) bond motifs is 1. The van der Waals surface area contributed by atoms with Crippen LogP contribution in [-0.4, -0.2) is 15.5 Å². The fourth-order valence-corrected chi connectivity index (χ4v) is 2.42. The summed E-state index contributed by atoms with van der Waals surface area (Å²) < 4.78 is 7.80. The number of carboxylic acids is 1. The number of carbonyl (C=O) groups is 1. The molecule has 3 rings (SSSR count). The van der Waals surface area contributed by atoms with Crippen LogP contribution in [0.25, 0.3) is 11.0 Å². The van der Waals surface area contributed by atoms with Gasteiger partial charge in [0.05, 0.1) is 17.0 Å². The third-order valence-electron chi connectivity index (χ3n) is 3.51. The van der Waals surface area contributed by atoms with E-state index in [9.17, 15) is 9.90 Å². The highest BCUT2D eigenvalue weighted by Crippen LogP contribution is 2.18. The Labute approximate surface area is 127 Å². The number of hydrogen-bond donors (Lipinski definition) is 0. The van der Waals surface area contributed by atoms with Gasteiger partial charge in [0.1, 0.15) is 18.2 Å². The van der Waals surface area contributed by atoms with Gasteiger partial charge in [0.25, 0.3) is 0 Å². The van der Waals surface area contributed by atoms with Crippen LogP contribution in [0.1, 0.15) is 23.1 Å². The number of aromatic nitrogens is 2. The van der Waals surface area contributed by atoms with Gasteiger partial charge in [0, 0.05) is 6.54 Å². The van der Waals surface area contributed by atoms with Crippen LogP contribution in [0.3, 0.4) is 0 Å². The number of aromatic carboxylic acids is 1. The van der Waals surface area contributed by atoms with E-state index in [0.717, 1.165) is 23.4 Å². The Bertz CT molecular complexity index is 806. The zero-order valence-corrected chi connectivity index (χ0v) is 12.2. The molecular formula is C17H15N2O3-. The molecule has 112 valence electrons. The Morgan fingerprint density at radius 3 is 2.59 bits per heavy atom. The van der Waals surface area contributed by atoms with Gasteiger partial charge in [-0.3, -0.25) is 0 Å². The summed E-state index contributed by atoms with van der Waals surface area (Å²) in [7, 11) is 0. The van der Waals surface area contributed by atoms with Crippen LogP contribution in [0.2, 0.25) is 0 Å². The fraction of sp³-hybridized carbons (Fsp3) is 0.176. The van der Waals surface area contributed by atoms with Crippen LogP contribution in [0, 0.1) is 0 Å². The van der Waals surface area contributed by atoms with Crippen molar-refractivity contribution in [2.75, 3.05) is 0 Å². The number of benzene rings is 2. The van der Waals surface area contributed by atoms with Gasteiger partial charge in [-0.2, -0.15) is 0 Å². The van der Waals surface area contributed by atoms with Gasteiger partial charge in [0.2, 0.25) is 0 Å². The van der Waals surface area contributed by atoms with Crippen molar-refractivity contribution in [2.45, 2.75) is 20.1 Å². The van der Waals surface area contributed by atoms with Crippen molar-refractivity contribution in [3.8, 4) is 5.75 Å². The first-order valence-electron chi connectivity index (χ1n) is 7.07. The molecule has 0 aliphatic heterocycles. The zero-order valence-electron chi connectivity index (χ0n) is 12.2. The van der Waals surface area contributed by atoms with E-state index in [0.29, 0.717) is 12.4 Å². The van der Waals surface area contributed by atoms with E-state index >= 15 is 0 Å². The van der Waals surface area contributed by atoms with Gasteiger partial charge in [-0.05, 0) is 48.9 Å². The Kier molecular flexibility index (Phi) is 3.78. The van der Waals surface area contributed by atoms with E-state index in [4.69, 9.17) is 4.74 Å². The number of aryl methyl sites for hydroxylation is 1. The second-order valence-corrected chi connectivity index (χ2v) is 4.86. The number of rotatable bonds is 5. The predicted octanol–water partition coefficient (Wildman–Crippen LogP) is 2.00. The maximum Gasteiger partial charge on any atom is 0.147 e. The molecule has 0 fully saturated rings. The highest BCUT2D eigenvalue weighted by atomic mass is 16.5. The molecule has 0 saturated heterocycles. The Balaban J connectivity index is 1.80. The molecule has 0 aliphatic rings. The first-order valence-corrected chi connectivity index (χ1v) is 7.07. The van der Waals surface area contributed by atoms with Crippen LogP contribution in [0.15, 0.2) is 48.5 Å². The van der Waals surface area contributed by atoms with Gasteiger partial charge in [-0.15, -0.1) is 0 Å². The lowest BCUT2D eigenvalue weighted by atomic mass is 10.2. The number of para-hydroxylation sites is 2. The first kappa shape index (κ1) is 14.1. The Hall–Kier alpha value is -2.82. The molecule has 1 aromatic heterocycles. The molecule has 1 heterocycles. The summed E-state index contributed by atoms with van der Waals surface area (Å²) in [4.78, 5) is 15.3. The second kappa shape index (κ2) is 5.89. The molecule has 0 atom stereocenters. The topological polar surface area (TPSA) is 67.2 Å². The van der Waals surface area contributed by atoms with Crippen LogP contribution < -0.4 is 9.84 Å². The molecule has 0 unspecified atom stereocenters. The minimum absolute atomic E-state index is 0.133. The third-order valence-corrected chi connectivity index (χ3v) is 3.51. The van der Waals surface area contributed by atoms with Crippen molar-refractivity contribution in [1.82, 2.24) is 9.55 Å². The summed E-state index contributed by atoms with van der Waals surface area (Å²) in [6, 6.07) is 14.1. The quantitative estimate of drug-likeness (QED) is 0.722. The Morgan fingerprint density at radius 2 is 1.91 bits per heavy atom. The molecule has 5 nitrogen and oxygen atoms in total. The normalized spacial score (nSPS) is 10.8. The third kappa shape index (κ3) is 2.65. The van der Waals surface area contributed by atoms with Crippen LogP contribution in [0.4, 0.5) is 0 Å². The van der Waals surface area contributed by atoms with Crippen LogP contribution in [-0.2, 0) is 13.2 Å². The van der Waals surface area contributed by atoms with E-state index in [1.807, 2.05) is 24.3 Å². The second-order valence-electron chi connectivity index (χ2n) is 4.86. The molecule has 0 radical (unpaired) electrons. The lowest BCUT2D eigenvalue weighted by Crippen LogP contribution is -2.21. The number of hydrogen-bond acceptors (Lipinski definition) is 4. The molecule has 2 aromatic carbocycles. The highest BCUT2D eigenvalue weighted by Gasteiger charge is 2.09. The summed E-state index contributed by atoms with van der Waals surface area (Å²) in [5.74, 6) is 0.242. The van der Waals surface area contributed by atoms with Gasteiger partial charge in [-0.1, -0.05) is 12.1 Å². The average molecular weight is 295 g/mol. The lowest BCUT2D eigenvalue weighted by molar-refractivity contribution is -0.255. The number of imidazole rings is 1. The molecule has 0 bridgehead atoms. The van der Waals surface area contributed by atoms with E-state index in [2.05, 4.69) is 16.5 Å². The summed E-state index contributed by atoms with van der Waals surface area (Å²) in [5, 5.41) is 10.7. The minimum Gasteiger partial charge on any atom is -0.545 e. The number of nitrogens with zero attached hydrogens (tertiary/aromatic N) is 2. The molecule has 0 saturated carbocycles. The summed E-state index contributed by atoms with van der Waals surface area (Å²) >= 11 is 0. The monoisotopic (exact) mass is 295 g/mol. The van der Waals surface area contributed by atoms with Crippen molar-refractivity contribution in [2.24, 2.45) is 0 Å². The fourth-order valence-electron chi connectivity index (χ4n) is 2.42. The summed E-state index contributed by atoms with van der Waals surface area (Å²) in [5.41, 5.74) is 2.15. The number of carbonyl (C=O) groups excluding carboxylic acids is 1. The van der Waals surface area contributed by atoms with Crippen molar-refractivity contribution in [3.63, 3.8) is 0 Å². The largest absolute Gasteiger partial charge is 0.545 e. The summed E-state index contributed by atoms with van der Waals surface area (Å²) in [6.45, 7) is 3.20. The molecule has 0 aliphatic carbocycles. The SMILES string of the molecule is CCn1c(COc2ccc(C(=O)[O-])cc2)nc2ccccc21. The predicted molar refractivity (Wildman–Crippen MR) is 80.5 cm³/mol. The smallest absolute Gasteiger partial charge is 0.147 e. The average Bonchev–Trinajstić information content (AvgIpc) is 2.90. The van der Waals surface area contributed by atoms with Crippen molar-refractivity contribution in [3.05, 3.63) is 59.9 Å². The van der Waals surface area contributed by atoms with Gasteiger partial charge in [0.15, 0.2) is 0 Å². The molecule has 0 amide bonds. The molecule has 5 heteroatoms. The lowest BCUT2D eigenvalue weighted by Gasteiger charge is -2.09. The molecule has 0 spiro atoms. The summed E-state index contributed by atoms with van der Waals surface area (Å²) in [6.07, 6.45) is 0. The molecular weight excluding hydrogens is 280 g/mol. The maximum atomic E-state index is 10.7. The van der Waals surface area contributed by atoms with Gasteiger partial charge in [-0.25, -0.2) is 4.98 Å². The van der Waals surface area contributed by atoms with Crippen LogP contribution >= 0.6 is 0 Å². The van der Waals surface area contributed by atoms with Crippen molar-refractivity contribution in [1.29, 1.82) is 0 Å².